The number of rotatable bonds is 5. The van der Waals surface area contributed by atoms with Crippen molar-refractivity contribution in [2.24, 2.45) is 0 Å². The van der Waals surface area contributed by atoms with Crippen molar-refractivity contribution in [3.05, 3.63) is 63.6 Å². The Labute approximate surface area is 133 Å². The first-order chi connectivity index (χ1) is 9.89. The van der Waals surface area contributed by atoms with Crippen LogP contribution in [0, 0.1) is 6.92 Å². The summed E-state index contributed by atoms with van der Waals surface area (Å²) < 4.78 is 27.9. The van der Waals surface area contributed by atoms with E-state index in [0.717, 1.165) is 10.0 Å². The van der Waals surface area contributed by atoms with Gasteiger partial charge in [-0.25, -0.2) is 8.42 Å². The molecular formula is C15H16BrNO3S. The second-order valence-electron chi connectivity index (χ2n) is 4.80. The van der Waals surface area contributed by atoms with Gasteiger partial charge in [0.25, 0.3) is 0 Å². The quantitative estimate of drug-likeness (QED) is 0.850. The van der Waals surface area contributed by atoms with Crippen molar-refractivity contribution in [3.63, 3.8) is 0 Å². The number of benzene rings is 2. The number of aryl methyl sites for hydroxylation is 1. The number of hydrogen-bond acceptors (Lipinski definition) is 3. The molecule has 4 nitrogen and oxygen atoms in total. The van der Waals surface area contributed by atoms with Gasteiger partial charge >= 0.3 is 0 Å². The van der Waals surface area contributed by atoms with Crippen LogP contribution in [-0.4, -0.2) is 13.5 Å². The Hall–Kier alpha value is -1.37. The third kappa shape index (κ3) is 4.56. The van der Waals surface area contributed by atoms with Crippen molar-refractivity contribution < 1.29 is 13.5 Å². The monoisotopic (exact) mass is 369 g/mol. The summed E-state index contributed by atoms with van der Waals surface area (Å²) in [6.07, 6.45) is 0. The minimum Gasteiger partial charge on any atom is -0.392 e. The van der Waals surface area contributed by atoms with Crippen molar-refractivity contribution in [1.82, 2.24) is 0 Å². The first-order valence-corrected chi connectivity index (χ1v) is 8.79. The number of nitrogens with one attached hydrogen (secondary N) is 1. The highest BCUT2D eigenvalue weighted by atomic mass is 79.9. The smallest absolute Gasteiger partial charge is 0.236 e. The largest absolute Gasteiger partial charge is 0.392 e. The van der Waals surface area contributed by atoms with Gasteiger partial charge < -0.3 is 5.11 Å². The number of anilines is 1. The fraction of sp³-hybridized carbons (Fsp3) is 0.200. The molecule has 0 heterocycles. The third-order valence-corrected chi connectivity index (χ3v) is 4.73. The average molecular weight is 370 g/mol. The van der Waals surface area contributed by atoms with Crippen LogP contribution in [0.5, 0.6) is 0 Å². The fourth-order valence-corrected chi connectivity index (χ4v) is 3.55. The van der Waals surface area contributed by atoms with E-state index in [1.165, 1.54) is 0 Å². The topological polar surface area (TPSA) is 66.4 Å². The molecule has 0 spiro atoms. The zero-order valence-corrected chi connectivity index (χ0v) is 13.9. The highest BCUT2D eigenvalue weighted by Crippen LogP contribution is 2.22. The molecule has 0 fully saturated rings. The molecular weight excluding hydrogens is 354 g/mol. The lowest BCUT2D eigenvalue weighted by molar-refractivity contribution is 0.282. The van der Waals surface area contributed by atoms with Gasteiger partial charge in [-0.05, 0) is 35.7 Å². The zero-order valence-electron chi connectivity index (χ0n) is 11.5. The van der Waals surface area contributed by atoms with E-state index in [4.69, 9.17) is 5.11 Å². The van der Waals surface area contributed by atoms with E-state index >= 15 is 0 Å². The number of halogens is 1. The second-order valence-corrected chi connectivity index (χ2v) is 7.44. The molecule has 112 valence electrons. The Kier molecular flexibility index (Phi) is 5.03. The van der Waals surface area contributed by atoms with Gasteiger partial charge in [-0.2, -0.15) is 0 Å². The van der Waals surface area contributed by atoms with Crippen molar-refractivity contribution in [2.75, 3.05) is 4.72 Å². The first-order valence-electron chi connectivity index (χ1n) is 6.35. The average Bonchev–Trinajstić information content (AvgIpc) is 2.42. The fourth-order valence-electron chi connectivity index (χ4n) is 1.95. The normalized spacial score (nSPS) is 11.4. The molecule has 0 bridgehead atoms. The van der Waals surface area contributed by atoms with Gasteiger partial charge in [0.1, 0.15) is 0 Å². The molecule has 21 heavy (non-hydrogen) atoms. The Morgan fingerprint density at radius 3 is 2.57 bits per heavy atom. The predicted molar refractivity (Wildman–Crippen MR) is 87.5 cm³/mol. The molecule has 2 aromatic carbocycles. The lowest BCUT2D eigenvalue weighted by Crippen LogP contribution is -2.16. The van der Waals surface area contributed by atoms with E-state index in [0.29, 0.717) is 16.8 Å². The van der Waals surface area contributed by atoms with E-state index in [9.17, 15) is 8.42 Å². The maximum absolute atomic E-state index is 12.2. The summed E-state index contributed by atoms with van der Waals surface area (Å²) in [5, 5.41) is 9.09. The Balaban J connectivity index is 2.20. The van der Waals surface area contributed by atoms with Gasteiger partial charge in [-0.1, -0.05) is 46.3 Å². The van der Waals surface area contributed by atoms with E-state index in [1.807, 2.05) is 19.1 Å². The van der Waals surface area contributed by atoms with Crippen molar-refractivity contribution in [3.8, 4) is 0 Å². The lowest BCUT2D eigenvalue weighted by Gasteiger charge is -2.11. The summed E-state index contributed by atoms with van der Waals surface area (Å²) in [4.78, 5) is 0. The van der Waals surface area contributed by atoms with E-state index in [1.54, 1.807) is 30.3 Å². The maximum atomic E-state index is 12.2. The molecule has 0 aromatic heterocycles. The number of aliphatic hydroxyl groups is 1. The Bertz CT molecular complexity index is 744. The van der Waals surface area contributed by atoms with Gasteiger partial charge in [-0.3, -0.25) is 4.72 Å². The van der Waals surface area contributed by atoms with E-state index in [-0.39, 0.29) is 12.4 Å². The van der Waals surface area contributed by atoms with Crippen LogP contribution in [0.15, 0.2) is 46.9 Å². The molecule has 6 heteroatoms. The van der Waals surface area contributed by atoms with Crippen LogP contribution in [0.4, 0.5) is 5.69 Å². The van der Waals surface area contributed by atoms with Crippen molar-refractivity contribution in [2.45, 2.75) is 19.3 Å². The molecule has 2 N–H and O–H groups in total. The highest BCUT2D eigenvalue weighted by molar-refractivity contribution is 9.10. The third-order valence-electron chi connectivity index (χ3n) is 3.00. The summed E-state index contributed by atoms with van der Waals surface area (Å²) in [5.41, 5.74) is 2.75. The van der Waals surface area contributed by atoms with Gasteiger partial charge in [-0.15, -0.1) is 0 Å². The van der Waals surface area contributed by atoms with Crippen LogP contribution in [0.1, 0.15) is 16.7 Å². The molecule has 0 atom stereocenters. The number of sulfonamides is 1. The molecule has 0 radical (unpaired) electrons. The molecule has 0 unspecified atom stereocenters. The summed E-state index contributed by atoms with van der Waals surface area (Å²) in [7, 11) is -3.50. The van der Waals surface area contributed by atoms with E-state index in [2.05, 4.69) is 20.7 Å². The molecule has 0 aliphatic heterocycles. The molecule has 0 aliphatic carbocycles. The van der Waals surface area contributed by atoms with Crippen LogP contribution in [-0.2, 0) is 22.4 Å². The zero-order chi connectivity index (χ0) is 15.5. The molecule has 0 amide bonds. The maximum Gasteiger partial charge on any atom is 0.236 e. The standard InChI is InChI=1S/C15H16BrNO3S/c1-11-5-6-14(16)8-15(11)17-21(19,20)10-13-4-2-3-12(7-13)9-18/h2-8,17-18H,9-10H2,1H3. The molecule has 2 rings (SSSR count). The number of aliphatic hydroxyl groups excluding tert-OH is 1. The minimum absolute atomic E-state index is 0.105. The minimum atomic E-state index is -3.50. The van der Waals surface area contributed by atoms with E-state index < -0.39 is 10.0 Å². The summed E-state index contributed by atoms with van der Waals surface area (Å²) in [6, 6.07) is 12.3. The SMILES string of the molecule is Cc1ccc(Br)cc1NS(=O)(=O)Cc1cccc(CO)c1. The Morgan fingerprint density at radius 2 is 1.86 bits per heavy atom. The van der Waals surface area contributed by atoms with Crippen molar-refractivity contribution >= 4 is 31.6 Å². The first kappa shape index (κ1) is 16.0. The summed E-state index contributed by atoms with van der Waals surface area (Å²) in [5.74, 6) is -0.132. The highest BCUT2D eigenvalue weighted by Gasteiger charge is 2.13. The molecule has 0 saturated carbocycles. The van der Waals surface area contributed by atoms with Gasteiger partial charge in [0.2, 0.25) is 10.0 Å². The van der Waals surface area contributed by atoms with Crippen LogP contribution in [0.2, 0.25) is 0 Å². The second kappa shape index (κ2) is 6.60. The summed E-state index contributed by atoms with van der Waals surface area (Å²) in [6.45, 7) is 1.74. The van der Waals surface area contributed by atoms with Gasteiger partial charge in [0.05, 0.1) is 18.0 Å². The van der Waals surface area contributed by atoms with Crippen LogP contribution < -0.4 is 4.72 Å². The number of hydrogen-bond donors (Lipinski definition) is 2. The lowest BCUT2D eigenvalue weighted by atomic mass is 10.1. The molecule has 0 saturated heterocycles. The van der Waals surface area contributed by atoms with Crippen LogP contribution in [0.25, 0.3) is 0 Å². The van der Waals surface area contributed by atoms with Gasteiger partial charge in [0, 0.05) is 4.47 Å². The Morgan fingerprint density at radius 1 is 1.14 bits per heavy atom. The van der Waals surface area contributed by atoms with Crippen LogP contribution in [0.3, 0.4) is 0 Å². The predicted octanol–water partition coefficient (Wildman–Crippen LogP) is 3.19. The van der Waals surface area contributed by atoms with Gasteiger partial charge in [0.15, 0.2) is 0 Å². The summed E-state index contributed by atoms with van der Waals surface area (Å²) >= 11 is 3.33. The molecule has 2 aromatic rings. The molecule has 0 aliphatic rings. The van der Waals surface area contributed by atoms with Crippen LogP contribution >= 0.6 is 15.9 Å². The van der Waals surface area contributed by atoms with Crippen molar-refractivity contribution in [1.29, 1.82) is 0 Å².